The monoisotopic (exact) mass is 241 g/mol. The summed E-state index contributed by atoms with van der Waals surface area (Å²) in [6.45, 7) is 3.91. The van der Waals surface area contributed by atoms with E-state index in [1.54, 1.807) is 12.3 Å². The van der Waals surface area contributed by atoms with Crippen molar-refractivity contribution in [3.63, 3.8) is 0 Å². The van der Waals surface area contributed by atoms with E-state index in [2.05, 4.69) is 9.88 Å². The summed E-state index contributed by atoms with van der Waals surface area (Å²) in [5.74, 6) is 0.476. The number of nitrogens with two attached hydrogens (primary N) is 1. The first-order chi connectivity index (χ1) is 7.75. The van der Waals surface area contributed by atoms with Gasteiger partial charge in [0.2, 0.25) is 5.88 Å². The van der Waals surface area contributed by atoms with Gasteiger partial charge in [0.1, 0.15) is 6.61 Å². The summed E-state index contributed by atoms with van der Waals surface area (Å²) < 4.78 is 5.52. The van der Waals surface area contributed by atoms with Crippen molar-refractivity contribution in [2.45, 2.75) is 12.8 Å². The number of nitrogen functional groups attached to an aromatic ring is 1. The lowest BCUT2D eigenvalue weighted by atomic mass is 10.4. The van der Waals surface area contributed by atoms with E-state index in [-0.39, 0.29) is 0 Å². The fourth-order valence-electron chi connectivity index (χ4n) is 1.84. The zero-order valence-electron chi connectivity index (χ0n) is 9.16. The van der Waals surface area contributed by atoms with Crippen molar-refractivity contribution in [2.24, 2.45) is 0 Å². The molecule has 0 aromatic carbocycles. The topological polar surface area (TPSA) is 51.4 Å². The van der Waals surface area contributed by atoms with Gasteiger partial charge < -0.3 is 10.5 Å². The third kappa shape index (κ3) is 3.00. The molecule has 1 aliphatic heterocycles. The maximum Gasteiger partial charge on any atom is 0.237 e. The van der Waals surface area contributed by atoms with E-state index in [0.717, 1.165) is 6.54 Å². The van der Waals surface area contributed by atoms with Crippen molar-refractivity contribution in [3.05, 3.63) is 17.3 Å². The molecule has 2 N–H and O–H groups in total. The Hall–Kier alpha value is -1.00. The molecule has 0 spiro atoms. The molecular formula is C11H16ClN3O. The van der Waals surface area contributed by atoms with Gasteiger partial charge in [0.15, 0.2) is 0 Å². The summed E-state index contributed by atoms with van der Waals surface area (Å²) in [7, 11) is 0. The van der Waals surface area contributed by atoms with Crippen LogP contribution in [0, 0.1) is 0 Å². The van der Waals surface area contributed by atoms with Gasteiger partial charge in [0.25, 0.3) is 0 Å². The molecule has 0 saturated carbocycles. The van der Waals surface area contributed by atoms with Crippen LogP contribution >= 0.6 is 11.6 Å². The molecule has 16 heavy (non-hydrogen) atoms. The van der Waals surface area contributed by atoms with Gasteiger partial charge in [-0.2, -0.15) is 0 Å². The van der Waals surface area contributed by atoms with Gasteiger partial charge in [-0.1, -0.05) is 11.6 Å². The molecule has 0 amide bonds. The van der Waals surface area contributed by atoms with Crippen LogP contribution in [0.15, 0.2) is 12.3 Å². The lowest BCUT2D eigenvalue weighted by molar-refractivity contribution is 0.233. The number of halogens is 1. The Labute approximate surface area is 100 Å². The second kappa shape index (κ2) is 5.37. The van der Waals surface area contributed by atoms with Crippen molar-refractivity contribution in [1.82, 2.24) is 9.88 Å². The van der Waals surface area contributed by atoms with Gasteiger partial charge in [-0.15, -0.1) is 0 Å². The van der Waals surface area contributed by atoms with Gasteiger partial charge >= 0.3 is 0 Å². The second-order valence-corrected chi connectivity index (χ2v) is 4.38. The van der Waals surface area contributed by atoms with Crippen LogP contribution in [0.3, 0.4) is 0 Å². The van der Waals surface area contributed by atoms with E-state index in [1.807, 2.05) is 0 Å². The van der Waals surface area contributed by atoms with Gasteiger partial charge in [0.05, 0.1) is 10.7 Å². The van der Waals surface area contributed by atoms with Crippen LogP contribution in [-0.4, -0.2) is 36.1 Å². The zero-order valence-corrected chi connectivity index (χ0v) is 9.91. The molecule has 88 valence electrons. The van der Waals surface area contributed by atoms with Crippen LogP contribution in [0.25, 0.3) is 0 Å². The van der Waals surface area contributed by atoms with Crippen molar-refractivity contribution < 1.29 is 4.74 Å². The molecule has 0 atom stereocenters. The standard InChI is InChI=1S/C11H16ClN3O/c12-9-7-10(13)11(14-8-9)16-6-5-15-3-1-2-4-15/h7-8H,1-6,13H2. The first-order valence-corrected chi connectivity index (χ1v) is 5.89. The smallest absolute Gasteiger partial charge is 0.237 e. The Morgan fingerprint density at radius 1 is 1.44 bits per heavy atom. The highest BCUT2D eigenvalue weighted by atomic mass is 35.5. The van der Waals surface area contributed by atoms with Gasteiger partial charge in [-0.25, -0.2) is 4.98 Å². The number of ether oxygens (including phenoxy) is 1. The van der Waals surface area contributed by atoms with E-state index in [4.69, 9.17) is 22.1 Å². The minimum absolute atomic E-state index is 0.476. The second-order valence-electron chi connectivity index (χ2n) is 3.95. The predicted molar refractivity (Wildman–Crippen MR) is 64.8 cm³/mol. The highest BCUT2D eigenvalue weighted by Gasteiger charge is 2.11. The number of hydrogen-bond donors (Lipinski definition) is 1. The lowest BCUT2D eigenvalue weighted by Gasteiger charge is -2.15. The summed E-state index contributed by atoms with van der Waals surface area (Å²) >= 11 is 5.75. The Balaban J connectivity index is 1.80. The Morgan fingerprint density at radius 3 is 2.88 bits per heavy atom. The summed E-state index contributed by atoms with van der Waals surface area (Å²) in [4.78, 5) is 6.43. The highest BCUT2D eigenvalue weighted by molar-refractivity contribution is 6.30. The van der Waals surface area contributed by atoms with Crippen LogP contribution in [0.4, 0.5) is 5.69 Å². The fourth-order valence-corrected chi connectivity index (χ4v) is 2.01. The summed E-state index contributed by atoms with van der Waals surface area (Å²) in [5, 5.41) is 0.532. The average Bonchev–Trinajstić information content (AvgIpc) is 2.74. The number of likely N-dealkylation sites (tertiary alicyclic amines) is 1. The summed E-state index contributed by atoms with van der Waals surface area (Å²) in [5.41, 5.74) is 6.22. The Morgan fingerprint density at radius 2 is 2.19 bits per heavy atom. The van der Waals surface area contributed by atoms with Crippen LogP contribution in [-0.2, 0) is 0 Å². The average molecular weight is 242 g/mol. The first kappa shape index (κ1) is 11.5. The molecule has 0 unspecified atom stereocenters. The quantitative estimate of drug-likeness (QED) is 0.873. The number of pyridine rings is 1. The molecule has 4 nitrogen and oxygen atoms in total. The molecule has 2 rings (SSSR count). The zero-order chi connectivity index (χ0) is 11.4. The van der Waals surface area contributed by atoms with Crippen LogP contribution in [0.5, 0.6) is 5.88 Å². The number of rotatable bonds is 4. The minimum Gasteiger partial charge on any atom is -0.475 e. The number of anilines is 1. The van der Waals surface area contributed by atoms with E-state index in [9.17, 15) is 0 Å². The van der Waals surface area contributed by atoms with Crippen molar-refractivity contribution in [3.8, 4) is 5.88 Å². The van der Waals surface area contributed by atoms with Crippen LogP contribution in [0.1, 0.15) is 12.8 Å². The maximum atomic E-state index is 5.75. The van der Waals surface area contributed by atoms with Gasteiger partial charge in [-0.3, -0.25) is 4.90 Å². The van der Waals surface area contributed by atoms with E-state index >= 15 is 0 Å². The third-order valence-electron chi connectivity index (χ3n) is 2.69. The van der Waals surface area contributed by atoms with Crippen LogP contribution < -0.4 is 10.5 Å². The normalized spacial score (nSPS) is 16.6. The van der Waals surface area contributed by atoms with Crippen molar-refractivity contribution in [1.29, 1.82) is 0 Å². The molecule has 5 heteroatoms. The Bertz CT molecular complexity index is 353. The van der Waals surface area contributed by atoms with Crippen molar-refractivity contribution in [2.75, 3.05) is 32.0 Å². The van der Waals surface area contributed by atoms with E-state index in [0.29, 0.717) is 23.2 Å². The fraction of sp³-hybridized carbons (Fsp3) is 0.545. The Kier molecular flexibility index (Phi) is 3.85. The first-order valence-electron chi connectivity index (χ1n) is 5.52. The summed E-state index contributed by atoms with van der Waals surface area (Å²) in [6, 6.07) is 1.65. The molecule has 1 saturated heterocycles. The van der Waals surface area contributed by atoms with Gasteiger partial charge in [0, 0.05) is 12.7 Å². The molecule has 0 bridgehead atoms. The molecule has 0 aliphatic carbocycles. The molecule has 1 aliphatic rings. The number of nitrogens with zero attached hydrogens (tertiary/aromatic N) is 2. The van der Waals surface area contributed by atoms with Gasteiger partial charge in [-0.05, 0) is 32.0 Å². The SMILES string of the molecule is Nc1cc(Cl)cnc1OCCN1CCCC1. The predicted octanol–water partition coefficient (Wildman–Crippen LogP) is 1.79. The van der Waals surface area contributed by atoms with Crippen LogP contribution in [0.2, 0.25) is 5.02 Å². The molecule has 1 aromatic heterocycles. The molecule has 2 heterocycles. The number of hydrogen-bond acceptors (Lipinski definition) is 4. The minimum atomic E-state index is 0.476. The van der Waals surface area contributed by atoms with E-state index < -0.39 is 0 Å². The largest absolute Gasteiger partial charge is 0.475 e. The number of aromatic nitrogens is 1. The maximum absolute atomic E-state index is 5.75. The third-order valence-corrected chi connectivity index (χ3v) is 2.90. The summed E-state index contributed by atoms with van der Waals surface area (Å²) in [6.07, 6.45) is 4.13. The molecule has 1 fully saturated rings. The highest BCUT2D eigenvalue weighted by Crippen LogP contribution is 2.21. The lowest BCUT2D eigenvalue weighted by Crippen LogP contribution is -2.25. The molecule has 0 radical (unpaired) electrons. The van der Waals surface area contributed by atoms with Crippen molar-refractivity contribution >= 4 is 17.3 Å². The van der Waals surface area contributed by atoms with E-state index in [1.165, 1.54) is 25.9 Å². The molecule has 1 aromatic rings. The molecular weight excluding hydrogens is 226 g/mol.